The minimum atomic E-state index is -0.272. The summed E-state index contributed by atoms with van der Waals surface area (Å²) in [6, 6.07) is 11.8. The summed E-state index contributed by atoms with van der Waals surface area (Å²) in [6.07, 6.45) is 3.99. The molecule has 6 nitrogen and oxygen atoms in total. The van der Waals surface area contributed by atoms with Crippen molar-refractivity contribution in [2.45, 2.75) is 43.4 Å². The van der Waals surface area contributed by atoms with E-state index in [1.54, 1.807) is 12.6 Å². The van der Waals surface area contributed by atoms with Crippen LogP contribution in [0.4, 0.5) is 5.69 Å². The fourth-order valence-corrected chi connectivity index (χ4v) is 4.10. The number of thioether (sulfide) groups is 1. The first-order chi connectivity index (χ1) is 13.6. The van der Waals surface area contributed by atoms with Gasteiger partial charge in [0.25, 0.3) is 0 Å². The number of amides is 1. The van der Waals surface area contributed by atoms with Crippen molar-refractivity contribution in [2.24, 2.45) is 0 Å². The van der Waals surface area contributed by atoms with Crippen LogP contribution in [0.25, 0.3) is 16.6 Å². The molecule has 0 aliphatic carbocycles. The molecule has 0 aliphatic rings. The summed E-state index contributed by atoms with van der Waals surface area (Å²) in [4.78, 5) is 12.8. The summed E-state index contributed by atoms with van der Waals surface area (Å²) in [5.41, 5.74) is 4.66. The van der Waals surface area contributed by atoms with E-state index in [1.165, 1.54) is 17.3 Å². The smallest absolute Gasteiger partial charge is 0.237 e. The van der Waals surface area contributed by atoms with Crippen LogP contribution in [0.1, 0.15) is 38.7 Å². The number of carbonyl (C=O) groups is 1. The van der Waals surface area contributed by atoms with Gasteiger partial charge in [-0.3, -0.25) is 9.20 Å². The molecule has 0 spiro atoms. The second kappa shape index (κ2) is 7.67. The van der Waals surface area contributed by atoms with Gasteiger partial charge in [0.05, 0.1) is 22.5 Å². The number of aromatic nitrogens is 3. The molecule has 7 heteroatoms. The van der Waals surface area contributed by atoms with E-state index in [9.17, 15) is 4.79 Å². The first kappa shape index (κ1) is 18.6. The minimum absolute atomic E-state index is 0.0381. The van der Waals surface area contributed by atoms with Gasteiger partial charge in [0.2, 0.25) is 5.91 Å². The lowest BCUT2D eigenvalue weighted by Crippen LogP contribution is -2.24. The highest BCUT2D eigenvalue weighted by Gasteiger charge is 2.21. The predicted molar refractivity (Wildman–Crippen MR) is 112 cm³/mol. The molecule has 3 heterocycles. The van der Waals surface area contributed by atoms with Gasteiger partial charge in [-0.05, 0) is 30.0 Å². The zero-order chi connectivity index (χ0) is 19.7. The van der Waals surface area contributed by atoms with E-state index < -0.39 is 0 Å². The lowest BCUT2D eigenvalue weighted by molar-refractivity contribution is -0.115. The molecule has 4 rings (SSSR count). The van der Waals surface area contributed by atoms with Crippen LogP contribution >= 0.6 is 11.8 Å². The van der Waals surface area contributed by atoms with Crippen molar-refractivity contribution >= 4 is 40.0 Å². The Morgan fingerprint density at radius 2 is 2.00 bits per heavy atom. The summed E-state index contributed by atoms with van der Waals surface area (Å²) < 4.78 is 7.41. The molecule has 0 fully saturated rings. The topological polar surface area (TPSA) is 72.4 Å². The minimum Gasteiger partial charge on any atom is -0.463 e. The Morgan fingerprint density at radius 1 is 1.21 bits per heavy atom. The monoisotopic (exact) mass is 394 g/mol. The van der Waals surface area contributed by atoms with Crippen LogP contribution in [0.15, 0.2) is 58.4 Å². The standard InChI is InChI=1S/C21H22N4O2S/c1-4-19(20(26)23-15-7-5-14(6-8-15)13(2)3)28-21-17-11-18-16(9-10-27-18)25(17)12-22-24-21/h5-13,19H,4H2,1-3H3,(H,23,26). The van der Waals surface area contributed by atoms with Crippen molar-refractivity contribution in [2.75, 3.05) is 5.32 Å². The van der Waals surface area contributed by atoms with Crippen molar-refractivity contribution in [3.63, 3.8) is 0 Å². The van der Waals surface area contributed by atoms with E-state index in [0.29, 0.717) is 17.4 Å². The molecule has 0 bridgehead atoms. The number of furan rings is 1. The van der Waals surface area contributed by atoms with Crippen LogP contribution in [0.3, 0.4) is 0 Å². The molecular formula is C21H22N4O2S. The molecule has 1 amide bonds. The van der Waals surface area contributed by atoms with Crippen LogP contribution in [-0.4, -0.2) is 25.8 Å². The third-order valence-corrected chi connectivity index (χ3v) is 6.10. The van der Waals surface area contributed by atoms with Crippen molar-refractivity contribution in [1.29, 1.82) is 0 Å². The molecule has 4 aromatic rings. The van der Waals surface area contributed by atoms with E-state index >= 15 is 0 Å². The van der Waals surface area contributed by atoms with Crippen LogP contribution < -0.4 is 5.32 Å². The van der Waals surface area contributed by atoms with Gasteiger partial charge in [-0.1, -0.05) is 44.7 Å². The SMILES string of the molecule is CCC(Sc1nncn2c1cc1occc12)C(=O)Nc1ccc(C(C)C)cc1. The maximum atomic E-state index is 12.8. The number of hydrogen-bond donors (Lipinski definition) is 1. The summed E-state index contributed by atoms with van der Waals surface area (Å²) in [5.74, 6) is 0.425. The highest BCUT2D eigenvalue weighted by molar-refractivity contribution is 8.00. The Labute approximate surface area is 167 Å². The van der Waals surface area contributed by atoms with Crippen molar-refractivity contribution in [3.05, 3.63) is 54.6 Å². The maximum absolute atomic E-state index is 12.8. The molecule has 0 radical (unpaired) electrons. The highest BCUT2D eigenvalue weighted by Crippen LogP contribution is 2.31. The Balaban J connectivity index is 1.54. The molecule has 0 saturated heterocycles. The van der Waals surface area contributed by atoms with Gasteiger partial charge in [0.15, 0.2) is 5.58 Å². The van der Waals surface area contributed by atoms with Gasteiger partial charge in [-0.15, -0.1) is 10.2 Å². The molecule has 28 heavy (non-hydrogen) atoms. The van der Waals surface area contributed by atoms with E-state index in [-0.39, 0.29) is 11.2 Å². The number of hydrogen-bond acceptors (Lipinski definition) is 5. The number of anilines is 1. The molecule has 1 N–H and O–H groups in total. The molecule has 3 aromatic heterocycles. The first-order valence-corrected chi connectivity index (χ1v) is 10.2. The maximum Gasteiger partial charge on any atom is 0.237 e. The molecule has 1 aromatic carbocycles. The van der Waals surface area contributed by atoms with E-state index in [1.807, 2.05) is 35.6 Å². The zero-order valence-electron chi connectivity index (χ0n) is 16.0. The average Bonchev–Trinajstić information content (AvgIpc) is 3.28. The number of nitrogens with zero attached hydrogens (tertiary/aromatic N) is 3. The Bertz CT molecular complexity index is 1110. The third-order valence-electron chi connectivity index (χ3n) is 4.76. The highest BCUT2D eigenvalue weighted by atomic mass is 32.2. The van der Waals surface area contributed by atoms with Crippen LogP contribution in [0.2, 0.25) is 0 Å². The molecule has 1 atom stereocenters. The summed E-state index contributed by atoms with van der Waals surface area (Å²) in [5, 5.41) is 11.8. The summed E-state index contributed by atoms with van der Waals surface area (Å²) in [6.45, 7) is 6.30. The Hall–Kier alpha value is -2.80. The second-order valence-electron chi connectivity index (χ2n) is 6.99. The molecular weight excluding hydrogens is 372 g/mol. The first-order valence-electron chi connectivity index (χ1n) is 9.34. The zero-order valence-corrected chi connectivity index (χ0v) is 16.9. The van der Waals surface area contributed by atoms with E-state index in [2.05, 4.69) is 41.5 Å². The molecule has 0 aliphatic heterocycles. The number of benzene rings is 1. The lowest BCUT2D eigenvalue weighted by atomic mass is 10.0. The van der Waals surface area contributed by atoms with Crippen LogP contribution in [0.5, 0.6) is 0 Å². The van der Waals surface area contributed by atoms with Crippen molar-refractivity contribution in [1.82, 2.24) is 14.6 Å². The number of carbonyl (C=O) groups excluding carboxylic acids is 1. The van der Waals surface area contributed by atoms with Gasteiger partial charge in [0, 0.05) is 17.8 Å². The largest absolute Gasteiger partial charge is 0.463 e. The predicted octanol–water partition coefficient (Wildman–Crippen LogP) is 5.11. The molecule has 1 unspecified atom stereocenters. The lowest BCUT2D eigenvalue weighted by Gasteiger charge is -2.15. The number of fused-ring (bicyclic) bond motifs is 3. The van der Waals surface area contributed by atoms with Crippen molar-refractivity contribution < 1.29 is 9.21 Å². The Kier molecular flexibility index (Phi) is 5.09. The summed E-state index contributed by atoms with van der Waals surface area (Å²) in [7, 11) is 0. The summed E-state index contributed by atoms with van der Waals surface area (Å²) >= 11 is 1.42. The normalized spacial score (nSPS) is 12.7. The van der Waals surface area contributed by atoms with Gasteiger partial charge >= 0.3 is 0 Å². The van der Waals surface area contributed by atoms with Gasteiger partial charge in [-0.25, -0.2) is 0 Å². The van der Waals surface area contributed by atoms with Gasteiger partial charge in [-0.2, -0.15) is 0 Å². The Morgan fingerprint density at radius 3 is 2.71 bits per heavy atom. The van der Waals surface area contributed by atoms with Crippen LogP contribution in [-0.2, 0) is 4.79 Å². The third kappa shape index (κ3) is 3.49. The quantitative estimate of drug-likeness (QED) is 0.460. The van der Waals surface area contributed by atoms with Crippen LogP contribution in [0, 0.1) is 0 Å². The van der Waals surface area contributed by atoms with Crippen molar-refractivity contribution in [3.8, 4) is 0 Å². The fourth-order valence-electron chi connectivity index (χ4n) is 3.13. The molecule has 0 saturated carbocycles. The fraction of sp³-hybridized carbons (Fsp3) is 0.286. The molecule has 144 valence electrons. The van der Waals surface area contributed by atoms with Gasteiger partial charge < -0.3 is 9.73 Å². The van der Waals surface area contributed by atoms with Gasteiger partial charge in [0.1, 0.15) is 11.4 Å². The van der Waals surface area contributed by atoms with E-state index in [4.69, 9.17) is 4.42 Å². The van der Waals surface area contributed by atoms with E-state index in [0.717, 1.165) is 22.3 Å². The second-order valence-corrected chi connectivity index (χ2v) is 8.18. The average molecular weight is 395 g/mol. The number of rotatable bonds is 6. The number of nitrogens with one attached hydrogen (secondary N) is 1.